The molecule has 2 aromatic rings. The Bertz CT molecular complexity index is 522. The minimum Gasteiger partial charge on any atom is -0.332 e. The highest BCUT2D eigenvalue weighted by Gasteiger charge is 2.16. The zero-order valence-corrected chi connectivity index (χ0v) is 11.6. The second-order valence-electron chi connectivity index (χ2n) is 5.00. The maximum atomic E-state index is 12.3. The molecule has 2 rings (SSSR count). The van der Waals surface area contributed by atoms with E-state index in [9.17, 15) is 4.79 Å². The van der Waals surface area contributed by atoms with Crippen molar-refractivity contribution in [1.29, 1.82) is 0 Å². The summed E-state index contributed by atoms with van der Waals surface area (Å²) >= 11 is 0. The number of amides is 1. The molecule has 1 amide bonds. The molecule has 0 bridgehead atoms. The van der Waals surface area contributed by atoms with Gasteiger partial charge in [0.25, 0.3) is 0 Å². The van der Waals surface area contributed by atoms with Crippen LogP contribution in [0.1, 0.15) is 24.6 Å². The Morgan fingerprint density at radius 1 is 1.30 bits per heavy atom. The monoisotopic (exact) mass is 272 g/mol. The van der Waals surface area contributed by atoms with Crippen molar-refractivity contribution in [3.63, 3.8) is 0 Å². The first-order valence-electron chi connectivity index (χ1n) is 6.70. The summed E-state index contributed by atoms with van der Waals surface area (Å²) in [5, 5.41) is 6.80. The summed E-state index contributed by atoms with van der Waals surface area (Å²) < 4.78 is 0. The van der Waals surface area contributed by atoms with Crippen LogP contribution in [0.5, 0.6) is 0 Å². The molecule has 0 aliphatic rings. The highest BCUT2D eigenvalue weighted by molar-refractivity contribution is 5.76. The Balaban J connectivity index is 2.09. The van der Waals surface area contributed by atoms with E-state index in [4.69, 9.17) is 5.73 Å². The van der Waals surface area contributed by atoms with Crippen LogP contribution >= 0.6 is 0 Å². The van der Waals surface area contributed by atoms with Crippen molar-refractivity contribution in [2.24, 2.45) is 5.73 Å². The van der Waals surface area contributed by atoms with E-state index in [0.717, 1.165) is 11.3 Å². The molecular formula is C15H20N4O. The summed E-state index contributed by atoms with van der Waals surface area (Å²) in [6.45, 7) is 2.93. The van der Waals surface area contributed by atoms with Crippen LogP contribution in [0.4, 0.5) is 0 Å². The molecule has 1 atom stereocenters. The predicted molar refractivity (Wildman–Crippen MR) is 77.6 cm³/mol. The fraction of sp³-hybridized carbons (Fsp3) is 0.333. The van der Waals surface area contributed by atoms with Crippen molar-refractivity contribution < 1.29 is 4.79 Å². The van der Waals surface area contributed by atoms with E-state index in [1.165, 1.54) is 0 Å². The van der Waals surface area contributed by atoms with E-state index < -0.39 is 0 Å². The van der Waals surface area contributed by atoms with Gasteiger partial charge in [0.05, 0.1) is 12.2 Å². The Morgan fingerprint density at radius 2 is 2.05 bits per heavy atom. The van der Waals surface area contributed by atoms with Crippen LogP contribution in [-0.4, -0.2) is 27.0 Å². The number of nitrogens with zero attached hydrogens (tertiary/aromatic N) is 2. The number of hydrogen-bond donors (Lipinski definition) is 2. The van der Waals surface area contributed by atoms with Crippen molar-refractivity contribution in [3.05, 3.63) is 53.9 Å². The van der Waals surface area contributed by atoms with Crippen LogP contribution in [0, 0.1) is 0 Å². The van der Waals surface area contributed by atoms with Gasteiger partial charge in [-0.25, -0.2) is 0 Å². The molecule has 0 fully saturated rings. The van der Waals surface area contributed by atoms with Gasteiger partial charge in [0.2, 0.25) is 5.91 Å². The van der Waals surface area contributed by atoms with Gasteiger partial charge in [-0.1, -0.05) is 30.3 Å². The van der Waals surface area contributed by atoms with Gasteiger partial charge in [0.15, 0.2) is 0 Å². The molecule has 1 unspecified atom stereocenters. The normalized spacial score (nSPS) is 12.1. The van der Waals surface area contributed by atoms with Gasteiger partial charge < -0.3 is 10.6 Å². The van der Waals surface area contributed by atoms with Crippen LogP contribution in [0.25, 0.3) is 0 Å². The van der Waals surface area contributed by atoms with Crippen molar-refractivity contribution in [3.8, 4) is 0 Å². The molecule has 0 spiro atoms. The van der Waals surface area contributed by atoms with E-state index >= 15 is 0 Å². The molecule has 106 valence electrons. The number of hydrogen-bond acceptors (Lipinski definition) is 3. The first-order chi connectivity index (χ1) is 9.65. The summed E-state index contributed by atoms with van der Waals surface area (Å²) in [7, 11) is 0. The van der Waals surface area contributed by atoms with Gasteiger partial charge in [-0.05, 0) is 18.6 Å². The molecule has 0 aliphatic carbocycles. The molecule has 0 aliphatic heterocycles. The molecule has 20 heavy (non-hydrogen) atoms. The number of benzene rings is 1. The van der Waals surface area contributed by atoms with E-state index in [0.29, 0.717) is 19.5 Å². The average molecular weight is 272 g/mol. The first-order valence-corrected chi connectivity index (χ1v) is 6.70. The molecule has 0 saturated heterocycles. The Labute approximate surface area is 118 Å². The SMILES string of the molecule is CC(N)CC(=O)N(Cc1ccccc1)Cc1ccn[nH]1. The third-order valence-corrected chi connectivity index (χ3v) is 2.99. The summed E-state index contributed by atoms with van der Waals surface area (Å²) in [6.07, 6.45) is 2.03. The fourth-order valence-electron chi connectivity index (χ4n) is 2.02. The lowest BCUT2D eigenvalue weighted by atomic mass is 10.1. The summed E-state index contributed by atoms with van der Waals surface area (Å²) in [5.41, 5.74) is 7.75. The lowest BCUT2D eigenvalue weighted by molar-refractivity contribution is -0.132. The number of carbonyl (C=O) groups is 1. The molecule has 1 heterocycles. The molecule has 3 N–H and O–H groups in total. The molecule has 1 aromatic heterocycles. The summed E-state index contributed by atoms with van der Waals surface area (Å²) in [5.74, 6) is 0.0541. The Hall–Kier alpha value is -2.14. The largest absolute Gasteiger partial charge is 0.332 e. The summed E-state index contributed by atoms with van der Waals surface area (Å²) in [4.78, 5) is 14.1. The van der Waals surface area contributed by atoms with Gasteiger partial charge in [-0.3, -0.25) is 9.89 Å². The fourth-order valence-corrected chi connectivity index (χ4v) is 2.02. The Morgan fingerprint density at radius 3 is 2.65 bits per heavy atom. The number of carbonyl (C=O) groups excluding carboxylic acids is 1. The standard InChI is InChI=1S/C15H20N4O/c1-12(16)9-15(20)19(11-14-7-8-17-18-14)10-13-5-3-2-4-6-13/h2-8,12H,9-11,16H2,1H3,(H,17,18). The molecule has 5 heteroatoms. The van der Waals surface area contributed by atoms with E-state index in [2.05, 4.69) is 10.2 Å². The van der Waals surface area contributed by atoms with Gasteiger partial charge >= 0.3 is 0 Å². The van der Waals surface area contributed by atoms with Crippen LogP contribution in [0.15, 0.2) is 42.6 Å². The second kappa shape index (κ2) is 6.86. The lowest BCUT2D eigenvalue weighted by Crippen LogP contribution is -2.34. The number of nitrogens with one attached hydrogen (secondary N) is 1. The highest BCUT2D eigenvalue weighted by atomic mass is 16.2. The van der Waals surface area contributed by atoms with Crippen LogP contribution < -0.4 is 5.73 Å². The topological polar surface area (TPSA) is 75.0 Å². The minimum atomic E-state index is -0.137. The zero-order chi connectivity index (χ0) is 14.4. The number of nitrogens with two attached hydrogens (primary N) is 1. The summed E-state index contributed by atoms with van der Waals surface area (Å²) in [6, 6.07) is 11.7. The maximum absolute atomic E-state index is 12.3. The molecule has 5 nitrogen and oxygen atoms in total. The van der Waals surface area contributed by atoms with Crippen molar-refractivity contribution >= 4 is 5.91 Å². The van der Waals surface area contributed by atoms with Gasteiger partial charge in [-0.15, -0.1) is 0 Å². The number of aromatic amines is 1. The average Bonchev–Trinajstić information content (AvgIpc) is 2.91. The second-order valence-corrected chi connectivity index (χ2v) is 5.00. The van der Waals surface area contributed by atoms with Crippen molar-refractivity contribution in [2.45, 2.75) is 32.5 Å². The number of aromatic nitrogens is 2. The zero-order valence-electron chi connectivity index (χ0n) is 11.6. The van der Waals surface area contributed by atoms with E-state index in [1.54, 1.807) is 11.1 Å². The van der Waals surface area contributed by atoms with Gasteiger partial charge in [0, 0.05) is 25.2 Å². The lowest BCUT2D eigenvalue weighted by Gasteiger charge is -2.23. The number of H-pyrrole nitrogens is 1. The molecule has 0 saturated carbocycles. The van der Waals surface area contributed by atoms with Crippen LogP contribution in [0.2, 0.25) is 0 Å². The molecule has 0 radical (unpaired) electrons. The molecule has 1 aromatic carbocycles. The highest BCUT2D eigenvalue weighted by Crippen LogP contribution is 2.10. The van der Waals surface area contributed by atoms with Crippen LogP contribution in [-0.2, 0) is 17.9 Å². The predicted octanol–water partition coefficient (Wildman–Crippen LogP) is 1.68. The minimum absolute atomic E-state index is 0.0541. The quantitative estimate of drug-likeness (QED) is 0.840. The van der Waals surface area contributed by atoms with Crippen LogP contribution in [0.3, 0.4) is 0 Å². The number of rotatable bonds is 6. The smallest absolute Gasteiger partial charge is 0.224 e. The van der Waals surface area contributed by atoms with E-state index in [-0.39, 0.29) is 11.9 Å². The van der Waals surface area contributed by atoms with Gasteiger partial charge in [0.1, 0.15) is 0 Å². The third-order valence-electron chi connectivity index (χ3n) is 2.99. The molecular weight excluding hydrogens is 252 g/mol. The van der Waals surface area contributed by atoms with Crippen molar-refractivity contribution in [1.82, 2.24) is 15.1 Å². The van der Waals surface area contributed by atoms with Gasteiger partial charge in [-0.2, -0.15) is 5.10 Å². The Kier molecular flexibility index (Phi) is 4.90. The maximum Gasteiger partial charge on any atom is 0.224 e. The third kappa shape index (κ3) is 4.20. The van der Waals surface area contributed by atoms with Crippen molar-refractivity contribution in [2.75, 3.05) is 0 Å². The first kappa shape index (κ1) is 14.3. The van der Waals surface area contributed by atoms with E-state index in [1.807, 2.05) is 43.3 Å².